The lowest BCUT2D eigenvalue weighted by atomic mass is 9.98. The van der Waals surface area contributed by atoms with Crippen molar-refractivity contribution in [2.24, 2.45) is 0 Å². The zero-order valence-electron chi connectivity index (χ0n) is 9.33. The van der Waals surface area contributed by atoms with Crippen molar-refractivity contribution in [2.75, 3.05) is 13.1 Å². The predicted molar refractivity (Wildman–Crippen MR) is 57.8 cm³/mol. The Balaban J connectivity index is 1.93. The Morgan fingerprint density at radius 2 is 2.20 bits per heavy atom. The summed E-state index contributed by atoms with van der Waals surface area (Å²) in [4.78, 5) is 4.47. The highest BCUT2D eigenvalue weighted by molar-refractivity contribution is 4.96. The molecule has 2 rings (SSSR count). The lowest BCUT2D eigenvalue weighted by Crippen LogP contribution is -2.26. The lowest BCUT2D eigenvalue weighted by molar-refractivity contribution is 0.318. The van der Waals surface area contributed by atoms with Crippen LogP contribution in [0.3, 0.4) is 0 Å². The molecule has 4 nitrogen and oxygen atoms in total. The zero-order valence-corrected chi connectivity index (χ0v) is 9.33. The quantitative estimate of drug-likeness (QED) is 0.822. The largest absolute Gasteiger partial charge is 0.339 e. The maximum Gasteiger partial charge on any atom is 0.229 e. The van der Waals surface area contributed by atoms with Gasteiger partial charge in [0.2, 0.25) is 5.89 Å². The van der Waals surface area contributed by atoms with Crippen molar-refractivity contribution in [3.05, 3.63) is 11.7 Å². The molecule has 0 spiro atoms. The van der Waals surface area contributed by atoms with E-state index in [-0.39, 0.29) is 0 Å². The van der Waals surface area contributed by atoms with E-state index in [0.29, 0.717) is 5.92 Å². The molecule has 4 heteroatoms. The molecular formula is C11H19N3O. The van der Waals surface area contributed by atoms with E-state index in [1.165, 1.54) is 6.42 Å². The second-order valence-electron chi connectivity index (χ2n) is 4.18. The van der Waals surface area contributed by atoms with Crippen LogP contribution in [0.4, 0.5) is 0 Å². The molecule has 1 aliphatic heterocycles. The van der Waals surface area contributed by atoms with E-state index in [0.717, 1.165) is 50.5 Å². The Morgan fingerprint density at radius 3 is 2.93 bits per heavy atom. The first-order chi connectivity index (χ1) is 7.40. The van der Waals surface area contributed by atoms with Crippen molar-refractivity contribution in [1.82, 2.24) is 15.5 Å². The van der Waals surface area contributed by atoms with Crippen molar-refractivity contribution in [2.45, 2.75) is 44.9 Å². The van der Waals surface area contributed by atoms with Gasteiger partial charge in [-0.25, -0.2) is 0 Å². The maximum atomic E-state index is 5.31. The van der Waals surface area contributed by atoms with Crippen LogP contribution in [0.25, 0.3) is 0 Å². The van der Waals surface area contributed by atoms with Gasteiger partial charge in [0.15, 0.2) is 5.82 Å². The summed E-state index contributed by atoms with van der Waals surface area (Å²) in [7, 11) is 0. The van der Waals surface area contributed by atoms with Crippen molar-refractivity contribution in [3.63, 3.8) is 0 Å². The molecule has 2 heterocycles. The van der Waals surface area contributed by atoms with Crippen LogP contribution in [-0.2, 0) is 6.42 Å². The first kappa shape index (κ1) is 10.6. The molecule has 0 aliphatic carbocycles. The zero-order chi connectivity index (χ0) is 10.5. The van der Waals surface area contributed by atoms with Gasteiger partial charge in [0.05, 0.1) is 0 Å². The summed E-state index contributed by atoms with van der Waals surface area (Å²) in [5, 5.41) is 7.36. The maximum absolute atomic E-state index is 5.31. The van der Waals surface area contributed by atoms with Gasteiger partial charge in [-0.2, -0.15) is 4.98 Å². The molecule has 1 N–H and O–H groups in total. The summed E-state index contributed by atoms with van der Waals surface area (Å²) < 4.78 is 5.31. The number of aryl methyl sites for hydroxylation is 1. The number of hydrogen-bond acceptors (Lipinski definition) is 4. The molecule has 0 aromatic carbocycles. The fraction of sp³-hybridized carbons (Fsp3) is 0.818. The topological polar surface area (TPSA) is 51.0 Å². The van der Waals surface area contributed by atoms with Crippen LogP contribution < -0.4 is 5.32 Å². The van der Waals surface area contributed by atoms with E-state index < -0.39 is 0 Å². The third-order valence-corrected chi connectivity index (χ3v) is 2.93. The van der Waals surface area contributed by atoms with Gasteiger partial charge >= 0.3 is 0 Å². The summed E-state index contributed by atoms with van der Waals surface area (Å²) in [6, 6.07) is 0. The molecule has 15 heavy (non-hydrogen) atoms. The second kappa shape index (κ2) is 5.26. The number of hydrogen-bond donors (Lipinski definition) is 1. The third-order valence-electron chi connectivity index (χ3n) is 2.93. The summed E-state index contributed by atoms with van der Waals surface area (Å²) in [5.74, 6) is 2.21. The van der Waals surface area contributed by atoms with Gasteiger partial charge in [0.1, 0.15) is 0 Å². The number of nitrogens with one attached hydrogen (secondary N) is 1. The Labute approximate surface area is 90.4 Å². The Hall–Kier alpha value is -0.900. The van der Waals surface area contributed by atoms with Gasteiger partial charge in [-0.3, -0.25) is 0 Å². The summed E-state index contributed by atoms with van der Waals surface area (Å²) in [6.07, 6.45) is 5.51. The van der Waals surface area contributed by atoms with E-state index in [2.05, 4.69) is 22.4 Å². The van der Waals surface area contributed by atoms with E-state index in [9.17, 15) is 0 Å². The molecule has 1 aliphatic rings. The summed E-state index contributed by atoms with van der Waals surface area (Å²) >= 11 is 0. The highest BCUT2D eigenvalue weighted by atomic mass is 16.5. The summed E-state index contributed by atoms with van der Waals surface area (Å²) in [5.41, 5.74) is 0. The molecule has 1 aromatic rings. The van der Waals surface area contributed by atoms with Gasteiger partial charge in [-0.1, -0.05) is 18.5 Å². The number of rotatable bonds is 4. The molecule has 0 unspecified atom stereocenters. The number of aromatic nitrogens is 2. The number of piperidine rings is 1. The fourth-order valence-corrected chi connectivity index (χ4v) is 1.94. The Bertz CT molecular complexity index is 292. The van der Waals surface area contributed by atoms with Crippen molar-refractivity contribution >= 4 is 0 Å². The molecule has 0 bridgehead atoms. The predicted octanol–water partition coefficient (Wildman–Crippen LogP) is 1.88. The number of nitrogens with zero attached hydrogens (tertiary/aromatic N) is 2. The van der Waals surface area contributed by atoms with Crippen LogP contribution in [0.5, 0.6) is 0 Å². The minimum absolute atomic E-state index is 0.481. The highest BCUT2D eigenvalue weighted by Crippen LogP contribution is 2.23. The lowest BCUT2D eigenvalue weighted by Gasteiger charge is -2.18. The van der Waals surface area contributed by atoms with E-state index in [1.54, 1.807) is 0 Å². The SMILES string of the molecule is CCCCc1noc(C2CCNCC2)n1. The molecule has 0 amide bonds. The smallest absolute Gasteiger partial charge is 0.229 e. The van der Waals surface area contributed by atoms with Gasteiger partial charge in [0, 0.05) is 12.3 Å². The van der Waals surface area contributed by atoms with E-state index in [4.69, 9.17) is 4.52 Å². The van der Waals surface area contributed by atoms with Crippen LogP contribution in [-0.4, -0.2) is 23.2 Å². The molecule has 0 radical (unpaired) electrons. The van der Waals surface area contributed by atoms with Gasteiger partial charge in [-0.15, -0.1) is 0 Å². The van der Waals surface area contributed by atoms with E-state index in [1.807, 2.05) is 0 Å². The third kappa shape index (κ3) is 2.78. The summed E-state index contributed by atoms with van der Waals surface area (Å²) in [6.45, 7) is 4.31. The van der Waals surface area contributed by atoms with Crippen molar-refractivity contribution in [1.29, 1.82) is 0 Å². The molecule has 0 saturated carbocycles. The number of unbranched alkanes of at least 4 members (excludes halogenated alkanes) is 1. The Morgan fingerprint density at radius 1 is 1.40 bits per heavy atom. The normalized spacial score (nSPS) is 18.2. The molecule has 1 aromatic heterocycles. The van der Waals surface area contributed by atoms with Crippen molar-refractivity contribution < 1.29 is 4.52 Å². The van der Waals surface area contributed by atoms with Gasteiger partial charge in [0.25, 0.3) is 0 Å². The standard InChI is InChI=1S/C11H19N3O/c1-2-3-4-10-13-11(15-14-10)9-5-7-12-8-6-9/h9,12H,2-8H2,1H3. The molecule has 0 atom stereocenters. The van der Waals surface area contributed by atoms with Crippen LogP contribution in [0.15, 0.2) is 4.52 Å². The van der Waals surface area contributed by atoms with Gasteiger partial charge < -0.3 is 9.84 Å². The molecule has 1 fully saturated rings. The molecule has 84 valence electrons. The van der Waals surface area contributed by atoms with Crippen LogP contribution in [0, 0.1) is 0 Å². The first-order valence-corrected chi connectivity index (χ1v) is 5.93. The Kier molecular flexibility index (Phi) is 3.72. The average molecular weight is 209 g/mol. The van der Waals surface area contributed by atoms with Gasteiger partial charge in [-0.05, 0) is 32.4 Å². The average Bonchev–Trinajstić information content (AvgIpc) is 2.76. The molecular weight excluding hydrogens is 190 g/mol. The minimum Gasteiger partial charge on any atom is -0.339 e. The van der Waals surface area contributed by atoms with Crippen LogP contribution in [0.2, 0.25) is 0 Å². The van der Waals surface area contributed by atoms with Crippen LogP contribution in [0.1, 0.15) is 50.2 Å². The molecule has 1 saturated heterocycles. The van der Waals surface area contributed by atoms with Crippen molar-refractivity contribution in [3.8, 4) is 0 Å². The fourth-order valence-electron chi connectivity index (χ4n) is 1.94. The van der Waals surface area contributed by atoms with E-state index >= 15 is 0 Å². The van der Waals surface area contributed by atoms with Crippen LogP contribution >= 0.6 is 0 Å². The highest BCUT2D eigenvalue weighted by Gasteiger charge is 2.20. The monoisotopic (exact) mass is 209 g/mol. The minimum atomic E-state index is 0.481. The second-order valence-corrected chi connectivity index (χ2v) is 4.18. The first-order valence-electron chi connectivity index (χ1n) is 5.93.